The third kappa shape index (κ3) is 3.01. The number of benzene rings is 1. The van der Waals surface area contributed by atoms with E-state index < -0.39 is 5.97 Å². The van der Waals surface area contributed by atoms with Crippen LogP contribution in [0.15, 0.2) is 28.8 Å². The molecule has 0 radical (unpaired) electrons. The molecule has 0 aliphatic heterocycles. The third-order valence-corrected chi connectivity index (χ3v) is 3.85. The van der Waals surface area contributed by atoms with E-state index in [1.54, 1.807) is 0 Å². The minimum atomic E-state index is -1.10. The molecule has 22 heavy (non-hydrogen) atoms. The molecule has 1 heterocycles. The van der Waals surface area contributed by atoms with Crippen molar-refractivity contribution in [2.24, 2.45) is 5.92 Å². The van der Waals surface area contributed by atoms with E-state index in [2.05, 4.69) is 10.5 Å². The molecule has 0 unspecified atom stereocenters. The Balaban J connectivity index is 1.90. The SMILES string of the molecule is C[C@@H](NCC1CC1)c1onc(-c2ccc(F)cc2)c1C(=O)O. The molecule has 6 heteroatoms. The van der Waals surface area contributed by atoms with E-state index in [1.807, 2.05) is 6.92 Å². The van der Waals surface area contributed by atoms with Crippen molar-refractivity contribution < 1.29 is 18.8 Å². The topological polar surface area (TPSA) is 75.4 Å². The summed E-state index contributed by atoms with van der Waals surface area (Å²) in [6.45, 7) is 2.69. The fraction of sp³-hybridized carbons (Fsp3) is 0.375. The molecule has 0 bridgehead atoms. The summed E-state index contributed by atoms with van der Waals surface area (Å²) in [6, 6.07) is 5.28. The Hall–Kier alpha value is -2.21. The first kappa shape index (κ1) is 14.7. The average Bonchev–Trinajstić information content (AvgIpc) is 3.21. The number of carboxylic acids is 1. The maximum absolute atomic E-state index is 13.0. The first-order valence-electron chi connectivity index (χ1n) is 7.28. The van der Waals surface area contributed by atoms with E-state index >= 15 is 0 Å². The van der Waals surface area contributed by atoms with Gasteiger partial charge in [0.15, 0.2) is 5.76 Å². The lowest BCUT2D eigenvalue weighted by atomic mass is 10.0. The fourth-order valence-electron chi connectivity index (χ4n) is 2.37. The second-order valence-electron chi connectivity index (χ2n) is 5.66. The molecule has 2 N–H and O–H groups in total. The van der Waals surface area contributed by atoms with Crippen molar-refractivity contribution in [3.05, 3.63) is 41.4 Å². The molecule has 0 amide bonds. The normalized spacial score (nSPS) is 15.7. The van der Waals surface area contributed by atoms with Gasteiger partial charge in [-0.15, -0.1) is 0 Å². The molecule has 1 aromatic heterocycles. The van der Waals surface area contributed by atoms with Gasteiger partial charge in [0.25, 0.3) is 0 Å². The molecule has 1 atom stereocenters. The molecule has 0 spiro atoms. The minimum Gasteiger partial charge on any atom is -0.477 e. The van der Waals surface area contributed by atoms with E-state index in [0.29, 0.717) is 17.2 Å². The van der Waals surface area contributed by atoms with Gasteiger partial charge in [-0.1, -0.05) is 5.16 Å². The zero-order valence-corrected chi connectivity index (χ0v) is 12.2. The molecular formula is C16H17FN2O3. The zero-order valence-electron chi connectivity index (χ0n) is 12.2. The van der Waals surface area contributed by atoms with Crippen molar-refractivity contribution in [3.8, 4) is 11.3 Å². The Labute approximate surface area is 127 Å². The van der Waals surface area contributed by atoms with Crippen LogP contribution in [0.4, 0.5) is 4.39 Å². The van der Waals surface area contributed by atoms with Crippen LogP contribution in [0.1, 0.15) is 41.9 Å². The van der Waals surface area contributed by atoms with Crippen LogP contribution in [0.25, 0.3) is 11.3 Å². The minimum absolute atomic E-state index is 0.0300. The van der Waals surface area contributed by atoms with Crippen LogP contribution in [-0.4, -0.2) is 22.8 Å². The number of aromatic nitrogens is 1. The van der Waals surface area contributed by atoms with Gasteiger partial charge in [-0.05, 0) is 56.5 Å². The first-order chi connectivity index (χ1) is 10.6. The summed E-state index contributed by atoms with van der Waals surface area (Å²) < 4.78 is 18.3. The fourth-order valence-corrected chi connectivity index (χ4v) is 2.37. The summed E-state index contributed by atoms with van der Waals surface area (Å²) in [7, 11) is 0. The molecule has 2 aromatic rings. The molecule has 1 aromatic carbocycles. The van der Waals surface area contributed by atoms with Gasteiger partial charge in [-0.3, -0.25) is 0 Å². The number of rotatable bonds is 6. The van der Waals surface area contributed by atoms with Crippen molar-refractivity contribution in [1.82, 2.24) is 10.5 Å². The molecule has 1 aliphatic rings. The Kier molecular flexibility index (Phi) is 3.94. The first-order valence-corrected chi connectivity index (χ1v) is 7.28. The molecule has 3 rings (SSSR count). The number of carbonyl (C=O) groups is 1. The van der Waals surface area contributed by atoms with E-state index in [0.717, 1.165) is 6.54 Å². The van der Waals surface area contributed by atoms with Crippen LogP contribution in [0, 0.1) is 11.7 Å². The molecule has 116 valence electrons. The van der Waals surface area contributed by atoms with Crippen molar-refractivity contribution in [2.45, 2.75) is 25.8 Å². The maximum Gasteiger partial charge on any atom is 0.341 e. The van der Waals surface area contributed by atoms with Crippen LogP contribution in [0.2, 0.25) is 0 Å². The van der Waals surface area contributed by atoms with Crippen LogP contribution in [-0.2, 0) is 0 Å². The lowest BCUT2D eigenvalue weighted by Crippen LogP contribution is -2.22. The summed E-state index contributed by atoms with van der Waals surface area (Å²) in [5, 5.41) is 16.6. The van der Waals surface area contributed by atoms with Crippen molar-refractivity contribution >= 4 is 5.97 Å². The summed E-state index contributed by atoms with van der Waals surface area (Å²) >= 11 is 0. The highest BCUT2D eigenvalue weighted by Gasteiger charge is 2.28. The zero-order chi connectivity index (χ0) is 15.7. The number of nitrogens with one attached hydrogen (secondary N) is 1. The maximum atomic E-state index is 13.0. The smallest absolute Gasteiger partial charge is 0.341 e. The van der Waals surface area contributed by atoms with Gasteiger partial charge >= 0.3 is 5.97 Å². The average molecular weight is 304 g/mol. The highest BCUT2D eigenvalue weighted by Crippen LogP contribution is 2.31. The van der Waals surface area contributed by atoms with Gasteiger partial charge in [0.1, 0.15) is 17.1 Å². The van der Waals surface area contributed by atoms with Crippen LogP contribution < -0.4 is 5.32 Å². The standard InChI is InChI=1S/C16H17FN2O3/c1-9(18-8-10-2-3-10)15-13(16(20)21)14(19-22-15)11-4-6-12(17)7-5-11/h4-7,9-10,18H,2-3,8H2,1H3,(H,20,21)/t9-/m1/s1. The summed E-state index contributed by atoms with van der Waals surface area (Å²) in [6.07, 6.45) is 2.42. The van der Waals surface area contributed by atoms with Gasteiger partial charge in [0, 0.05) is 5.56 Å². The molecule has 5 nitrogen and oxygen atoms in total. The van der Waals surface area contributed by atoms with Crippen molar-refractivity contribution in [2.75, 3.05) is 6.54 Å². The Morgan fingerprint density at radius 3 is 2.73 bits per heavy atom. The van der Waals surface area contributed by atoms with Crippen molar-refractivity contribution in [1.29, 1.82) is 0 Å². The lowest BCUT2D eigenvalue weighted by molar-refractivity contribution is 0.0694. The predicted molar refractivity (Wildman–Crippen MR) is 78.0 cm³/mol. The quantitative estimate of drug-likeness (QED) is 0.857. The lowest BCUT2D eigenvalue weighted by Gasteiger charge is -2.11. The van der Waals surface area contributed by atoms with Gasteiger partial charge in [-0.2, -0.15) is 0 Å². The highest BCUT2D eigenvalue weighted by atomic mass is 19.1. The van der Waals surface area contributed by atoms with Crippen LogP contribution in [0.3, 0.4) is 0 Å². The van der Waals surface area contributed by atoms with E-state index in [9.17, 15) is 14.3 Å². The van der Waals surface area contributed by atoms with Gasteiger partial charge < -0.3 is 14.9 Å². The molecular weight excluding hydrogens is 287 g/mol. The van der Waals surface area contributed by atoms with Gasteiger partial charge in [0.2, 0.25) is 0 Å². The summed E-state index contributed by atoms with van der Waals surface area (Å²) in [4.78, 5) is 11.6. The number of hydrogen-bond acceptors (Lipinski definition) is 4. The second kappa shape index (κ2) is 5.88. The van der Waals surface area contributed by atoms with Crippen LogP contribution in [0.5, 0.6) is 0 Å². The van der Waals surface area contributed by atoms with Crippen LogP contribution >= 0.6 is 0 Å². The largest absolute Gasteiger partial charge is 0.477 e. The van der Waals surface area contributed by atoms with E-state index in [1.165, 1.54) is 37.1 Å². The number of hydrogen-bond donors (Lipinski definition) is 2. The molecule has 1 saturated carbocycles. The Morgan fingerprint density at radius 1 is 1.45 bits per heavy atom. The summed E-state index contributed by atoms with van der Waals surface area (Å²) in [5.74, 6) is -0.512. The molecule has 1 fully saturated rings. The van der Waals surface area contributed by atoms with Gasteiger partial charge in [0.05, 0.1) is 6.04 Å². The molecule has 0 saturated heterocycles. The van der Waals surface area contributed by atoms with Gasteiger partial charge in [-0.25, -0.2) is 9.18 Å². The number of nitrogens with zero attached hydrogens (tertiary/aromatic N) is 1. The van der Waals surface area contributed by atoms with Crippen molar-refractivity contribution in [3.63, 3.8) is 0 Å². The highest BCUT2D eigenvalue weighted by molar-refractivity contribution is 5.95. The number of carboxylic acid groups (broad SMARTS) is 1. The third-order valence-electron chi connectivity index (χ3n) is 3.85. The monoisotopic (exact) mass is 304 g/mol. The van der Waals surface area contributed by atoms with E-state index in [4.69, 9.17) is 4.52 Å². The Morgan fingerprint density at radius 2 is 2.14 bits per heavy atom. The second-order valence-corrected chi connectivity index (χ2v) is 5.66. The Bertz CT molecular complexity index is 677. The number of aromatic carboxylic acids is 1. The van der Waals surface area contributed by atoms with E-state index in [-0.39, 0.29) is 23.1 Å². The predicted octanol–water partition coefficient (Wildman–Crippen LogP) is 3.24. The number of halogens is 1. The molecule has 1 aliphatic carbocycles. The summed E-state index contributed by atoms with van der Waals surface area (Å²) in [5.41, 5.74) is 0.771.